The summed E-state index contributed by atoms with van der Waals surface area (Å²) in [6.45, 7) is 6.58. The van der Waals surface area contributed by atoms with Crippen LogP contribution in [0.15, 0.2) is 18.2 Å². The summed E-state index contributed by atoms with van der Waals surface area (Å²) in [4.78, 5) is 50.2. The normalized spacial score (nSPS) is 24.9. The molecule has 1 saturated carbocycles. The van der Waals surface area contributed by atoms with Gasteiger partial charge in [-0.3, -0.25) is 24.5 Å². The molecule has 0 spiro atoms. The van der Waals surface area contributed by atoms with E-state index in [4.69, 9.17) is 9.47 Å². The Morgan fingerprint density at radius 3 is 2.64 bits per heavy atom. The smallest absolute Gasteiger partial charge is 0.309 e. The van der Waals surface area contributed by atoms with E-state index in [1.807, 2.05) is 32.9 Å². The van der Waals surface area contributed by atoms with Crippen LogP contribution >= 0.6 is 0 Å². The van der Waals surface area contributed by atoms with Gasteiger partial charge in [0.25, 0.3) is 5.91 Å². The highest BCUT2D eigenvalue weighted by Gasteiger charge is 2.40. The van der Waals surface area contributed by atoms with Crippen LogP contribution in [0.1, 0.15) is 74.4 Å². The number of fused-ring (bicyclic) bond motifs is 1. The van der Waals surface area contributed by atoms with Gasteiger partial charge in [0.2, 0.25) is 11.8 Å². The van der Waals surface area contributed by atoms with Crippen molar-refractivity contribution in [1.82, 2.24) is 10.2 Å². The fourth-order valence-electron chi connectivity index (χ4n) is 4.68. The van der Waals surface area contributed by atoms with E-state index in [-0.39, 0.29) is 36.2 Å². The van der Waals surface area contributed by atoms with Gasteiger partial charge < -0.3 is 14.4 Å². The lowest BCUT2D eigenvalue weighted by molar-refractivity contribution is -0.169. The van der Waals surface area contributed by atoms with Crippen molar-refractivity contribution in [3.8, 4) is 0 Å². The summed E-state index contributed by atoms with van der Waals surface area (Å²) in [7, 11) is 0. The largest absolute Gasteiger partial charge is 0.460 e. The summed E-state index contributed by atoms with van der Waals surface area (Å²) < 4.78 is 11.3. The number of nitrogens with one attached hydrogen (secondary N) is 1. The average molecular weight is 457 g/mol. The number of amides is 3. The van der Waals surface area contributed by atoms with Crippen LogP contribution in [0.2, 0.25) is 0 Å². The molecule has 0 aromatic heterocycles. The van der Waals surface area contributed by atoms with E-state index in [1.54, 1.807) is 11.0 Å². The minimum atomic E-state index is -0.602. The Morgan fingerprint density at radius 2 is 1.94 bits per heavy atom. The van der Waals surface area contributed by atoms with Gasteiger partial charge in [-0.1, -0.05) is 12.1 Å². The molecule has 2 aliphatic heterocycles. The van der Waals surface area contributed by atoms with Crippen molar-refractivity contribution in [3.63, 3.8) is 0 Å². The van der Waals surface area contributed by atoms with E-state index in [2.05, 4.69) is 5.32 Å². The minimum Gasteiger partial charge on any atom is -0.460 e. The maximum atomic E-state index is 12.9. The van der Waals surface area contributed by atoms with E-state index in [9.17, 15) is 19.2 Å². The second-order valence-corrected chi connectivity index (χ2v) is 10.1. The molecule has 178 valence electrons. The van der Waals surface area contributed by atoms with Gasteiger partial charge in [-0.25, -0.2) is 0 Å². The first-order valence-corrected chi connectivity index (χ1v) is 11.7. The van der Waals surface area contributed by atoms with Crippen molar-refractivity contribution >= 4 is 23.7 Å². The van der Waals surface area contributed by atoms with Crippen molar-refractivity contribution < 1.29 is 28.7 Å². The Balaban J connectivity index is 1.25. The Bertz CT molecular complexity index is 960. The number of hydrogen-bond acceptors (Lipinski definition) is 6. The molecular weight excluding hydrogens is 424 g/mol. The summed E-state index contributed by atoms with van der Waals surface area (Å²) in [6.07, 6.45) is 3.67. The van der Waals surface area contributed by atoms with Crippen LogP contribution in [0.25, 0.3) is 0 Å². The van der Waals surface area contributed by atoms with Crippen LogP contribution in [0.4, 0.5) is 0 Å². The molecule has 2 heterocycles. The maximum Gasteiger partial charge on any atom is 0.309 e. The van der Waals surface area contributed by atoms with Gasteiger partial charge in [0.15, 0.2) is 0 Å². The van der Waals surface area contributed by atoms with Crippen molar-refractivity contribution in [1.29, 1.82) is 0 Å². The number of nitrogens with zero attached hydrogens (tertiary/aromatic N) is 1. The molecule has 4 rings (SSSR count). The number of rotatable bonds is 7. The Labute approximate surface area is 194 Å². The molecule has 3 aliphatic rings. The molecule has 1 aromatic rings. The first-order valence-electron chi connectivity index (χ1n) is 11.7. The van der Waals surface area contributed by atoms with Gasteiger partial charge in [0.05, 0.1) is 12.0 Å². The zero-order valence-corrected chi connectivity index (χ0v) is 19.5. The van der Waals surface area contributed by atoms with Gasteiger partial charge in [0.1, 0.15) is 11.6 Å². The molecule has 33 heavy (non-hydrogen) atoms. The molecule has 1 atom stereocenters. The summed E-state index contributed by atoms with van der Waals surface area (Å²) in [6, 6.07) is 5.09. The molecule has 8 nitrogen and oxygen atoms in total. The van der Waals surface area contributed by atoms with E-state index in [1.165, 1.54) is 0 Å². The maximum absolute atomic E-state index is 12.9. The van der Waals surface area contributed by atoms with Crippen LogP contribution in [0.5, 0.6) is 0 Å². The number of imide groups is 1. The zero-order chi connectivity index (χ0) is 23.8. The molecule has 3 amide bonds. The number of hydrogen-bond donors (Lipinski definition) is 1. The molecule has 1 aromatic carbocycles. The average Bonchev–Trinajstić information content (AvgIpc) is 3.02. The van der Waals surface area contributed by atoms with Crippen LogP contribution in [0.3, 0.4) is 0 Å². The van der Waals surface area contributed by atoms with Gasteiger partial charge in [-0.05, 0) is 70.1 Å². The quantitative estimate of drug-likeness (QED) is 0.384. The fourth-order valence-corrected chi connectivity index (χ4v) is 4.68. The molecule has 0 bridgehead atoms. The lowest BCUT2D eigenvalue weighted by atomic mass is 9.82. The van der Waals surface area contributed by atoms with E-state index in [0.717, 1.165) is 24.0 Å². The van der Waals surface area contributed by atoms with E-state index in [0.29, 0.717) is 38.0 Å². The van der Waals surface area contributed by atoms with Crippen LogP contribution in [-0.4, -0.2) is 52.9 Å². The molecule has 1 N–H and O–H groups in total. The number of ether oxygens (including phenoxy) is 2. The number of carbonyl (C=O) groups excluding carboxylic acids is 4. The number of aryl methyl sites for hydroxylation is 1. The van der Waals surface area contributed by atoms with Crippen LogP contribution in [-0.2, 0) is 36.8 Å². The lowest BCUT2D eigenvalue weighted by Gasteiger charge is -2.35. The first kappa shape index (κ1) is 23.4. The van der Waals surface area contributed by atoms with Crippen molar-refractivity contribution in [2.24, 2.45) is 5.92 Å². The fraction of sp³-hybridized carbons (Fsp3) is 0.600. The second-order valence-electron chi connectivity index (χ2n) is 10.1. The highest BCUT2D eigenvalue weighted by molar-refractivity contribution is 6.05. The predicted octanol–water partition coefficient (Wildman–Crippen LogP) is 2.52. The Kier molecular flexibility index (Phi) is 6.56. The monoisotopic (exact) mass is 456 g/mol. The zero-order valence-electron chi connectivity index (χ0n) is 19.5. The third kappa shape index (κ3) is 5.27. The topological polar surface area (TPSA) is 102 Å². The third-order valence-corrected chi connectivity index (χ3v) is 6.46. The molecule has 1 saturated heterocycles. The Hall–Kier alpha value is -2.74. The predicted molar refractivity (Wildman–Crippen MR) is 119 cm³/mol. The van der Waals surface area contributed by atoms with Crippen LogP contribution in [0, 0.1) is 5.92 Å². The number of carbonyl (C=O) groups is 4. The number of benzene rings is 1. The molecule has 0 radical (unpaired) electrons. The lowest BCUT2D eigenvalue weighted by Crippen LogP contribution is -2.52. The SMILES string of the molecule is CC(C)(C)OC(=O)C1CC(OCCCc2cccc3c2CN(C2CCC(=O)NC2=O)C3=O)C1. The van der Waals surface area contributed by atoms with Crippen molar-refractivity contribution in [2.45, 2.75) is 83.6 Å². The van der Waals surface area contributed by atoms with Gasteiger partial charge in [0, 0.05) is 25.1 Å². The second kappa shape index (κ2) is 9.25. The van der Waals surface area contributed by atoms with Gasteiger partial charge >= 0.3 is 5.97 Å². The third-order valence-electron chi connectivity index (χ3n) is 6.46. The molecule has 1 aliphatic carbocycles. The molecule has 2 fully saturated rings. The minimum absolute atomic E-state index is 0.0732. The summed E-state index contributed by atoms with van der Waals surface area (Å²) in [5.74, 6) is -1.05. The molecule has 8 heteroatoms. The van der Waals surface area contributed by atoms with Crippen molar-refractivity contribution in [2.75, 3.05) is 6.61 Å². The first-order chi connectivity index (χ1) is 15.6. The van der Waals surface area contributed by atoms with Gasteiger partial charge in [-0.15, -0.1) is 0 Å². The summed E-state index contributed by atoms with van der Waals surface area (Å²) >= 11 is 0. The molecule has 1 unspecified atom stereocenters. The van der Waals surface area contributed by atoms with E-state index < -0.39 is 17.6 Å². The van der Waals surface area contributed by atoms with Gasteiger partial charge in [-0.2, -0.15) is 0 Å². The van der Waals surface area contributed by atoms with Crippen molar-refractivity contribution in [3.05, 3.63) is 34.9 Å². The van der Waals surface area contributed by atoms with Crippen LogP contribution < -0.4 is 5.32 Å². The summed E-state index contributed by atoms with van der Waals surface area (Å²) in [5, 5.41) is 2.34. The highest BCUT2D eigenvalue weighted by atomic mass is 16.6. The number of esters is 1. The Morgan fingerprint density at radius 1 is 1.18 bits per heavy atom. The number of piperidine rings is 1. The van der Waals surface area contributed by atoms with E-state index >= 15 is 0 Å². The highest BCUT2D eigenvalue weighted by Crippen LogP contribution is 2.33. The summed E-state index contributed by atoms with van der Waals surface area (Å²) in [5.41, 5.74) is 2.21. The molecular formula is C25H32N2O6. The standard InChI is InChI=1S/C25H32N2O6/c1-25(2,3)33-24(31)16-12-17(13-16)32-11-5-7-15-6-4-8-18-19(15)14-27(23(18)30)20-9-10-21(28)26-22(20)29/h4,6,8,16-17,20H,5,7,9-14H2,1-3H3,(H,26,28,29).